The Morgan fingerprint density at radius 2 is 1.11 bits per heavy atom. The molecule has 0 bridgehead atoms. The van der Waals surface area contributed by atoms with E-state index >= 15 is 0 Å². The van der Waals surface area contributed by atoms with E-state index in [2.05, 4.69) is 63.7 Å². The van der Waals surface area contributed by atoms with Crippen molar-refractivity contribution in [3.05, 3.63) is 58.3 Å². The Balaban J connectivity index is 0.000000244. The van der Waals surface area contributed by atoms with Crippen molar-refractivity contribution < 1.29 is 9.31 Å². The third kappa shape index (κ3) is 5.75. The van der Waals surface area contributed by atoms with Gasteiger partial charge in [0.2, 0.25) is 0 Å². The van der Waals surface area contributed by atoms with Gasteiger partial charge in [-0.15, -0.1) is 0 Å². The third-order valence-electron chi connectivity index (χ3n) is 4.44. The Morgan fingerprint density at radius 3 is 1.48 bits per heavy atom. The van der Waals surface area contributed by atoms with Crippen LogP contribution in [-0.2, 0) is 9.31 Å². The van der Waals surface area contributed by atoms with Gasteiger partial charge in [0.15, 0.2) is 0 Å². The molecule has 2 aromatic rings. The van der Waals surface area contributed by atoms with E-state index < -0.39 is 0 Å². The fraction of sp³-hybridized carbons (Fsp3) is 0.333. The molecule has 27 heavy (non-hydrogen) atoms. The van der Waals surface area contributed by atoms with Crippen molar-refractivity contribution in [2.45, 2.75) is 38.9 Å². The first kappa shape index (κ1) is 24.2. The summed E-state index contributed by atoms with van der Waals surface area (Å²) in [5.41, 5.74) is 0.267. The minimum absolute atomic E-state index is 0.337. The van der Waals surface area contributed by atoms with Crippen molar-refractivity contribution in [1.82, 2.24) is 0 Å². The molecular weight excluding hydrogens is 650 g/mol. The SMILES string of the molecule is CC1(C)OB(c2cc(Br)c(Cl)c(Br)c2)OC1(C)C.Clc1c(Br)cccc1Br. The second-order valence-corrected chi connectivity index (χ2v) is 11.1. The van der Waals surface area contributed by atoms with Crippen molar-refractivity contribution in [3.63, 3.8) is 0 Å². The molecule has 0 atom stereocenters. The van der Waals surface area contributed by atoms with Gasteiger partial charge in [-0.1, -0.05) is 29.3 Å². The summed E-state index contributed by atoms with van der Waals surface area (Å²) >= 11 is 25.3. The highest BCUT2D eigenvalue weighted by Gasteiger charge is 2.51. The Labute approximate surface area is 204 Å². The lowest BCUT2D eigenvalue weighted by Crippen LogP contribution is -2.41. The lowest BCUT2D eigenvalue weighted by atomic mass is 9.79. The van der Waals surface area contributed by atoms with Crippen LogP contribution in [-0.4, -0.2) is 18.3 Å². The Hall–Kier alpha value is 0.925. The molecule has 0 radical (unpaired) electrons. The molecule has 0 unspecified atom stereocenters. The average Bonchev–Trinajstić information content (AvgIpc) is 2.78. The third-order valence-corrected chi connectivity index (χ3v) is 8.74. The first-order valence-electron chi connectivity index (χ1n) is 7.95. The predicted molar refractivity (Wildman–Crippen MR) is 129 cm³/mol. The van der Waals surface area contributed by atoms with E-state index in [0.29, 0.717) is 5.02 Å². The van der Waals surface area contributed by atoms with Gasteiger partial charge >= 0.3 is 7.12 Å². The van der Waals surface area contributed by atoms with E-state index in [9.17, 15) is 0 Å². The van der Waals surface area contributed by atoms with Gasteiger partial charge in [-0.05, 0) is 121 Å². The van der Waals surface area contributed by atoms with Gasteiger partial charge < -0.3 is 9.31 Å². The van der Waals surface area contributed by atoms with Gasteiger partial charge in [-0.3, -0.25) is 0 Å². The van der Waals surface area contributed by atoms with Crippen molar-refractivity contribution in [2.75, 3.05) is 0 Å². The molecule has 1 aliphatic heterocycles. The topological polar surface area (TPSA) is 18.5 Å². The van der Waals surface area contributed by atoms with E-state index in [1.54, 1.807) is 0 Å². The quantitative estimate of drug-likeness (QED) is 0.227. The highest BCUT2D eigenvalue weighted by atomic mass is 79.9. The zero-order chi connectivity index (χ0) is 20.6. The molecule has 9 heteroatoms. The van der Waals surface area contributed by atoms with Gasteiger partial charge in [0, 0.05) is 17.9 Å². The van der Waals surface area contributed by atoms with Crippen LogP contribution in [0.25, 0.3) is 0 Å². The number of hydrogen-bond acceptors (Lipinski definition) is 2. The molecule has 0 N–H and O–H groups in total. The fourth-order valence-electron chi connectivity index (χ4n) is 2.17. The molecular formula is C18H17BBr4Cl2O2. The summed E-state index contributed by atoms with van der Waals surface area (Å²) in [6.07, 6.45) is 0. The molecule has 3 rings (SSSR count). The Kier molecular flexibility index (Phi) is 8.41. The molecule has 0 aliphatic carbocycles. The molecule has 1 fully saturated rings. The standard InChI is InChI=1S/C12H14BBr2ClO2.C6H3Br2Cl/c1-11(2)12(3,4)18-13(17-11)7-5-8(14)10(16)9(15)6-7;7-4-2-1-3-5(8)6(4)9/h5-6H,1-4H3;1-3H. The minimum Gasteiger partial charge on any atom is -0.399 e. The lowest BCUT2D eigenvalue weighted by molar-refractivity contribution is 0.00578. The summed E-state index contributed by atoms with van der Waals surface area (Å²) in [6.45, 7) is 8.14. The summed E-state index contributed by atoms with van der Waals surface area (Å²) in [4.78, 5) is 0. The molecule has 1 aliphatic rings. The van der Waals surface area contributed by atoms with Crippen LogP contribution in [0.1, 0.15) is 27.7 Å². The highest BCUT2D eigenvalue weighted by Crippen LogP contribution is 2.37. The highest BCUT2D eigenvalue weighted by molar-refractivity contribution is 9.11. The molecule has 0 aromatic heterocycles. The number of hydrogen-bond donors (Lipinski definition) is 0. The van der Waals surface area contributed by atoms with Gasteiger partial charge in [0.1, 0.15) is 0 Å². The molecule has 2 aromatic carbocycles. The molecule has 1 heterocycles. The number of rotatable bonds is 1. The maximum absolute atomic E-state index is 6.09. The van der Waals surface area contributed by atoms with Gasteiger partial charge in [0.05, 0.1) is 21.2 Å². The van der Waals surface area contributed by atoms with Gasteiger partial charge in [-0.2, -0.15) is 0 Å². The fourth-order valence-corrected chi connectivity index (χ4v) is 4.62. The van der Waals surface area contributed by atoms with Crippen molar-refractivity contribution in [2.24, 2.45) is 0 Å². The molecule has 0 amide bonds. The largest absolute Gasteiger partial charge is 0.494 e. The van der Waals surface area contributed by atoms with E-state index in [1.165, 1.54) is 0 Å². The van der Waals surface area contributed by atoms with Crippen LogP contribution < -0.4 is 5.46 Å². The summed E-state index contributed by atoms with van der Waals surface area (Å²) < 4.78 is 15.5. The van der Waals surface area contributed by atoms with E-state index in [-0.39, 0.29) is 18.3 Å². The average molecular weight is 667 g/mol. The second kappa shape index (κ2) is 9.38. The molecule has 146 valence electrons. The lowest BCUT2D eigenvalue weighted by Gasteiger charge is -2.32. The summed E-state index contributed by atoms with van der Waals surface area (Å²) in [6, 6.07) is 9.56. The van der Waals surface area contributed by atoms with E-state index in [0.717, 1.165) is 28.4 Å². The minimum atomic E-state index is -0.375. The zero-order valence-electron chi connectivity index (χ0n) is 15.0. The van der Waals surface area contributed by atoms with Crippen molar-refractivity contribution in [3.8, 4) is 0 Å². The molecule has 2 nitrogen and oxygen atoms in total. The van der Waals surface area contributed by atoms with E-state index in [1.807, 2.05) is 58.0 Å². The Bertz CT molecular complexity index is 787. The smallest absolute Gasteiger partial charge is 0.399 e. The Morgan fingerprint density at radius 1 is 0.741 bits per heavy atom. The number of benzene rings is 2. The van der Waals surface area contributed by atoms with Crippen LogP contribution in [0.2, 0.25) is 10.0 Å². The first-order valence-corrected chi connectivity index (χ1v) is 11.9. The van der Waals surface area contributed by atoms with Crippen LogP contribution in [0.4, 0.5) is 0 Å². The number of halogens is 6. The summed E-state index contributed by atoms with van der Waals surface area (Å²) in [5.74, 6) is 0. The summed E-state index contributed by atoms with van der Waals surface area (Å²) in [7, 11) is -0.375. The van der Waals surface area contributed by atoms with Gasteiger partial charge in [0.25, 0.3) is 0 Å². The summed E-state index contributed by atoms with van der Waals surface area (Å²) in [5, 5.41) is 1.37. The van der Waals surface area contributed by atoms with Crippen LogP contribution in [0.5, 0.6) is 0 Å². The van der Waals surface area contributed by atoms with Gasteiger partial charge in [-0.25, -0.2) is 0 Å². The normalized spacial score (nSPS) is 17.5. The van der Waals surface area contributed by atoms with Crippen LogP contribution >= 0.6 is 86.9 Å². The maximum atomic E-state index is 6.09. The molecule has 1 saturated heterocycles. The van der Waals surface area contributed by atoms with Crippen LogP contribution in [0.3, 0.4) is 0 Å². The van der Waals surface area contributed by atoms with E-state index in [4.69, 9.17) is 32.5 Å². The predicted octanol–water partition coefficient (Wildman–Crippen LogP) is 8.03. The second-order valence-electron chi connectivity index (χ2n) is 6.92. The van der Waals surface area contributed by atoms with Crippen LogP contribution in [0, 0.1) is 0 Å². The molecule has 0 spiro atoms. The zero-order valence-corrected chi connectivity index (χ0v) is 22.9. The monoisotopic (exact) mass is 662 g/mol. The molecule has 0 saturated carbocycles. The first-order chi connectivity index (χ1) is 12.4. The van der Waals surface area contributed by atoms with Crippen molar-refractivity contribution in [1.29, 1.82) is 0 Å². The maximum Gasteiger partial charge on any atom is 0.494 e. The van der Waals surface area contributed by atoms with Crippen LogP contribution in [0.15, 0.2) is 48.2 Å². The van der Waals surface area contributed by atoms with Crippen molar-refractivity contribution >= 4 is 99.5 Å².